The summed E-state index contributed by atoms with van der Waals surface area (Å²) in [6.45, 7) is 7.80. The van der Waals surface area contributed by atoms with E-state index >= 15 is 0 Å². The lowest BCUT2D eigenvalue weighted by Crippen LogP contribution is -2.41. The standard InChI is InChI=1S/C20H23N3O4S/c1-5-27-20(26)18-12(4)8-17(28-18)23-16(24)9-15-19(25)22-14-7-11(3)10(2)6-13(14)21-15/h6-8,15,21H,5,9H2,1-4H3,(H,22,25)(H,23,24)/t15-/m0/s1. The highest BCUT2D eigenvalue weighted by atomic mass is 32.1. The summed E-state index contributed by atoms with van der Waals surface area (Å²) in [7, 11) is 0. The van der Waals surface area contributed by atoms with E-state index in [-0.39, 0.29) is 18.2 Å². The molecule has 28 heavy (non-hydrogen) atoms. The molecule has 7 nitrogen and oxygen atoms in total. The van der Waals surface area contributed by atoms with Gasteiger partial charge in [-0.25, -0.2) is 4.79 Å². The second-order valence-electron chi connectivity index (χ2n) is 6.76. The van der Waals surface area contributed by atoms with Crippen molar-refractivity contribution in [2.75, 3.05) is 22.6 Å². The summed E-state index contributed by atoms with van der Waals surface area (Å²) in [4.78, 5) is 37.2. The number of aryl methyl sites for hydroxylation is 3. The third-order valence-corrected chi connectivity index (χ3v) is 5.70. The number of benzene rings is 1. The van der Waals surface area contributed by atoms with E-state index in [0.717, 1.165) is 39.4 Å². The molecule has 3 N–H and O–H groups in total. The Balaban J connectivity index is 1.67. The lowest BCUT2D eigenvalue weighted by Gasteiger charge is -2.27. The number of carbonyl (C=O) groups is 3. The molecule has 0 bridgehead atoms. The van der Waals surface area contributed by atoms with Gasteiger partial charge in [-0.3, -0.25) is 9.59 Å². The largest absolute Gasteiger partial charge is 0.462 e. The van der Waals surface area contributed by atoms with Crippen LogP contribution in [0.2, 0.25) is 0 Å². The molecule has 0 aliphatic carbocycles. The number of anilines is 3. The van der Waals surface area contributed by atoms with E-state index in [9.17, 15) is 14.4 Å². The van der Waals surface area contributed by atoms with Crippen molar-refractivity contribution < 1.29 is 19.1 Å². The summed E-state index contributed by atoms with van der Waals surface area (Å²) >= 11 is 1.16. The maximum absolute atomic E-state index is 12.4. The highest BCUT2D eigenvalue weighted by Gasteiger charge is 2.28. The molecule has 8 heteroatoms. The smallest absolute Gasteiger partial charge is 0.348 e. The number of thiophene rings is 1. The van der Waals surface area contributed by atoms with Gasteiger partial charge in [0, 0.05) is 0 Å². The Kier molecular flexibility index (Phi) is 5.69. The molecule has 1 atom stereocenters. The zero-order valence-electron chi connectivity index (χ0n) is 16.3. The molecule has 0 radical (unpaired) electrons. The molecule has 1 aromatic carbocycles. The minimum absolute atomic E-state index is 0.0239. The van der Waals surface area contributed by atoms with Gasteiger partial charge in [0.2, 0.25) is 11.8 Å². The Hall–Kier alpha value is -2.87. The maximum Gasteiger partial charge on any atom is 0.348 e. The van der Waals surface area contributed by atoms with Gasteiger partial charge in [0.1, 0.15) is 10.9 Å². The fourth-order valence-electron chi connectivity index (χ4n) is 2.97. The fourth-order valence-corrected chi connectivity index (χ4v) is 3.96. The van der Waals surface area contributed by atoms with Crippen LogP contribution in [0.25, 0.3) is 0 Å². The van der Waals surface area contributed by atoms with Gasteiger partial charge in [0.05, 0.1) is 29.4 Å². The average molecular weight is 401 g/mol. The molecule has 148 valence electrons. The van der Waals surface area contributed by atoms with Gasteiger partial charge < -0.3 is 20.7 Å². The lowest BCUT2D eigenvalue weighted by atomic mass is 10.0. The van der Waals surface area contributed by atoms with E-state index in [1.165, 1.54) is 0 Å². The maximum atomic E-state index is 12.4. The third kappa shape index (κ3) is 4.17. The molecule has 0 saturated heterocycles. The van der Waals surface area contributed by atoms with E-state index in [2.05, 4.69) is 16.0 Å². The van der Waals surface area contributed by atoms with Gasteiger partial charge in [0.15, 0.2) is 0 Å². The highest BCUT2D eigenvalue weighted by molar-refractivity contribution is 7.18. The number of ether oxygens (including phenoxy) is 1. The molecule has 2 amide bonds. The molecule has 3 rings (SSSR count). The van der Waals surface area contributed by atoms with Crippen LogP contribution in [0.1, 0.15) is 39.7 Å². The second kappa shape index (κ2) is 8.02. The first kappa shape index (κ1) is 19.9. The van der Waals surface area contributed by atoms with Crippen LogP contribution in [0.3, 0.4) is 0 Å². The van der Waals surface area contributed by atoms with E-state index < -0.39 is 12.0 Å². The van der Waals surface area contributed by atoms with Gasteiger partial charge in [-0.2, -0.15) is 0 Å². The summed E-state index contributed by atoms with van der Waals surface area (Å²) in [5, 5.41) is 9.30. The van der Waals surface area contributed by atoms with Crippen molar-refractivity contribution in [1.29, 1.82) is 0 Å². The molecule has 2 aromatic rings. The topological polar surface area (TPSA) is 96.5 Å². The summed E-state index contributed by atoms with van der Waals surface area (Å²) in [5.74, 6) is -0.960. The van der Waals surface area contributed by atoms with Gasteiger partial charge >= 0.3 is 5.97 Å². The van der Waals surface area contributed by atoms with Crippen molar-refractivity contribution in [2.24, 2.45) is 0 Å². The molecule has 0 saturated carbocycles. The number of fused-ring (bicyclic) bond motifs is 1. The highest BCUT2D eigenvalue weighted by Crippen LogP contribution is 2.31. The molecule has 1 aliphatic rings. The van der Waals surface area contributed by atoms with Crippen LogP contribution in [0.4, 0.5) is 16.4 Å². The van der Waals surface area contributed by atoms with Crippen LogP contribution in [0.15, 0.2) is 18.2 Å². The summed E-state index contributed by atoms with van der Waals surface area (Å²) in [5.41, 5.74) is 4.45. The normalized spacial score (nSPS) is 15.3. The zero-order valence-corrected chi connectivity index (χ0v) is 17.1. The van der Waals surface area contributed by atoms with Crippen LogP contribution in [-0.4, -0.2) is 30.4 Å². The first-order chi connectivity index (χ1) is 13.3. The Labute approximate surface area is 167 Å². The van der Waals surface area contributed by atoms with E-state index in [0.29, 0.717) is 16.5 Å². The first-order valence-electron chi connectivity index (χ1n) is 9.04. The predicted octanol–water partition coefficient (Wildman–Crippen LogP) is 3.61. The molecular formula is C20H23N3O4S. The number of rotatable bonds is 5. The summed E-state index contributed by atoms with van der Waals surface area (Å²) in [6, 6.07) is 4.94. The molecule has 0 fully saturated rings. The molecule has 1 aromatic heterocycles. The van der Waals surface area contributed by atoms with Gasteiger partial charge in [-0.1, -0.05) is 0 Å². The second-order valence-corrected chi connectivity index (χ2v) is 7.82. The molecule has 2 heterocycles. The van der Waals surface area contributed by atoms with Gasteiger partial charge in [-0.15, -0.1) is 11.3 Å². The number of amides is 2. The van der Waals surface area contributed by atoms with Crippen LogP contribution < -0.4 is 16.0 Å². The summed E-state index contributed by atoms with van der Waals surface area (Å²) in [6.07, 6.45) is -0.0239. The van der Waals surface area contributed by atoms with Crippen LogP contribution in [0.5, 0.6) is 0 Å². The van der Waals surface area contributed by atoms with Crippen molar-refractivity contribution in [3.05, 3.63) is 39.8 Å². The van der Waals surface area contributed by atoms with Crippen molar-refractivity contribution in [3.8, 4) is 0 Å². The Bertz CT molecular complexity index is 951. The van der Waals surface area contributed by atoms with Gasteiger partial charge in [0.25, 0.3) is 0 Å². The van der Waals surface area contributed by atoms with E-state index in [1.54, 1.807) is 19.9 Å². The number of esters is 1. The molecule has 1 aliphatic heterocycles. The fraction of sp³-hybridized carbons (Fsp3) is 0.350. The van der Waals surface area contributed by atoms with E-state index in [4.69, 9.17) is 4.74 Å². The Morgan fingerprint density at radius 3 is 2.46 bits per heavy atom. The van der Waals surface area contributed by atoms with Crippen molar-refractivity contribution in [1.82, 2.24) is 0 Å². The third-order valence-electron chi connectivity index (χ3n) is 4.57. The van der Waals surface area contributed by atoms with Crippen molar-refractivity contribution in [2.45, 2.75) is 40.2 Å². The van der Waals surface area contributed by atoms with Gasteiger partial charge in [-0.05, 0) is 62.6 Å². The molecular weight excluding hydrogens is 378 g/mol. The van der Waals surface area contributed by atoms with E-state index in [1.807, 2.05) is 26.0 Å². The van der Waals surface area contributed by atoms with Crippen molar-refractivity contribution >= 4 is 45.5 Å². The lowest BCUT2D eigenvalue weighted by molar-refractivity contribution is -0.122. The minimum Gasteiger partial charge on any atom is -0.462 e. The number of hydrogen-bond acceptors (Lipinski definition) is 6. The molecule has 0 unspecified atom stereocenters. The SMILES string of the molecule is CCOC(=O)c1sc(NC(=O)C[C@@H]2Nc3cc(C)c(C)cc3NC2=O)cc1C. The number of nitrogens with one attached hydrogen (secondary N) is 3. The van der Waals surface area contributed by atoms with Crippen LogP contribution in [0, 0.1) is 20.8 Å². The van der Waals surface area contributed by atoms with Crippen LogP contribution in [-0.2, 0) is 14.3 Å². The zero-order chi connectivity index (χ0) is 20.4. The number of hydrogen-bond donors (Lipinski definition) is 3. The summed E-state index contributed by atoms with van der Waals surface area (Å²) < 4.78 is 5.01. The predicted molar refractivity (Wildman–Crippen MR) is 110 cm³/mol. The van der Waals surface area contributed by atoms with Crippen molar-refractivity contribution in [3.63, 3.8) is 0 Å². The minimum atomic E-state index is -0.666. The van der Waals surface area contributed by atoms with Crippen LogP contribution >= 0.6 is 11.3 Å². The quantitative estimate of drug-likeness (QED) is 0.665. The monoisotopic (exact) mass is 401 g/mol. The first-order valence-corrected chi connectivity index (χ1v) is 9.86. The Morgan fingerprint density at radius 2 is 1.79 bits per heavy atom. The number of carbonyl (C=O) groups excluding carboxylic acids is 3. The average Bonchev–Trinajstić information content (AvgIpc) is 2.98. The molecule has 0 spiro atoms. The Morgan fingerprint density at radius 1 is 1.11 bits per heavy atom.